The van der Waals surface area contributed by atoms with Crippen molar-refractivity contribution in [3.63, 3.8) is 0 Å². The van der Waals surface area contributed by atoms with Crippen LogP contribution in [-0.4, -0.2) is 125 Å². The first-order valence-corrected chi connectivity index (χ1v) is 5.55. The molecule has 0 aromatic heterocycles. The summed E-state index contributed by atoms with van der Waals surface area (Å²) in [6.07, 6.45) is -2.29. The molecule has 0 heterocycles. The van der Waals surface area contributed by atoms with Crippen LogP contribution in [0.1, 0.15) is 12.8 Å². The van der Waals surface area contributed by atoms with Gasteiger partial charge >= 0.3 is 76.0 Å². The molecule has 0 saturated carbocycles. The molecule has 0 amide bonds. The minimum atomic E-state index is -2.74. The molecule has 0 aliphatic carbocycles. The van der Waals surface area contributed by atoms with Crippen molar-refractivity contribution in [2.45, 2.75) is 18.4 Å². The van der Waals surface area contributed by atoms with Crippen molar-refractivity contribution in [1.29, 1.82) is 0 Å². The number of carboxylic acids is 5. The van der Waals surface area contributed by atoms with Crippen LogP contribution in [0.4, 0.5) is 0 Å². The topological polar surface area (TPSA) is 259 Å². The number of hydrogen-bond donors (Lipinski definition) is 8. The molecule has 142 valence electrons. The van der Waals surface area contributed by atoms with Crippen LogP contribution in [-0.2, 0) is 24.0 Å². The average Bonchev–Trinajstić information content (AvgIpc) is 2.37. The molecule has 25 heavy (non-hydrogen) atoms. The Kier molecular flexibility index (Phi) is 26.7. The fourth-order valence-corrected chi connectivity index (χ4v) is 0.714. The summed E-state index contributed by atoms with van der Waals surface area (Å²) >= 11 is 0. The van der Waals surface area contributed by atoms with Gasteiger partial charge < -0.3 is 42.1 Å². The predicted molar refractivity (Wildman–Crippen MR) is 87.6 cm³/mol. The van der Waals surface area contributed by atoms with Crippen LogP contribution in [0.2, 0.25) is 0 Å². The Hall–Kier alpha value is -1.24. The fraction of sp³-hybridized carbons (Fsp3) is 0.500. The number of carboxylic acid groups (broad SMARTS) is 5. The van der Waals surface area contributed by atoms with Gasteiger partial charge in [-0.3, -0.25) is 19.2 Å². The highest BCUT2D eigenvalue weighted by Crippen LogP contribution is 2.15. The van der Waals surface area contributed by atoms with Crippen LogP contribution in [0.3, 0.4) is 0 Å². The maximum Gasteiger partial charge on any atom is 0.336 e. The molecule has 0 unspecified atom stereocenters. The van der Waals surface area contributed by atoms with Crippen LogP contribution in [0.15, 0.2) is 0 Å². The van der Waals surface area contributed by atoms with Crippen molar-refractivity contribution in [2.24, 2.45) is 11.5 Å². The summed E-state index contributed by atoms with van der Waals surface area (Å²) in [6, 6.07) is 0. The summed E-state index contributed by atoms with van der Waals surface area (Å²) in [6.45, 7) is -0.556. The lowest BCUT2D eigenvalue weighted by atomic mass is 9.96. The SMILES string of the molecule is NCC(=O)O.NCC(=O)O.O=C(O)CC(O)(CC(=O)O)C(=O)O.[MgH2].[MgH2]. The molecule has 10 N–H and O–H groups in total. The summed E-state index contributed by atoms with van der Waals surface area (Å²) in [4.78, 5) is 49.0. The van der Waals surface area contributed by atoms with Gasteiger partial charge in [-0.15, -0.1) is 0 Å². The molecule has 0 aromatic carbocycles. The molecular weight excluding hydrogens is 373 g/mol. The third kappa shape index (κ3) is 27.9. The maximum absolute atomic E-state index is 10.3. The van der Waals surface area contributed by atoms with E-state index in [2.05, 4.69) is 11.5 Å². The van der Waals surface area contributed by atoms with Gasteiger partial charge in [-0.1, -0.05) is 0 Å². The highest BCUT2D eigenvalue weighted by atomic mass is 24.3. The number of hydrogen-bond acceptors (Lipinski definition) is 8. The van der Waals surface area contributed by atoms with Crippen molar-refractivity contribution in [3.8, 4) is 0 Å². The fourth-order valence-electron chi connectivity index (χ4n) is 0.714. The lowest BCUT2D eigenvalue weighted by Crippen LogP contribution is -2.42. The van der Waals surface area contributed by atoms with Gasteiger partial charge in [0, 0.05) is 0 Å². The van der Waals surface area contributed by atoms with Crippen LogP contribution in [0, 0.1) is 0 Å². The highest BCUT2D eigenvalue weighted by molar-refractivity contribution is 5.88. The van der Waals surface area contributed by atoms with E-state index < -0.39 is 48.3 Å². The zero-order chi connectivity index (χ0) is 19.2. The molecule has 0 rings (SSSR count). The monoisotopic (exact) mass is 394 g/mol. The molecule has 15 heteroatoms. The number of aliphatic hydroxyl groups is 1. The molecule has 0 aromatic rings. The van der Waals surface area contributed by atoms with Gasteiger partial charge in [0.1, 0.15) is 0 Å². The minimum absolute atomic E-state index is 0. The summed E-state index contributed by atoms with van der Waals surface area (Å²) < 4.78 is 0. The molecule has 0 aliphatic rings. The lowest BCUT2D eigenvalue weighted by molar-refractivity contribution is -0.170. The van der Waals surface area contributed by atoms with E-state index in [9.17, 15) is 24.0 Å². The number of aliphatic carboxylic acids is 5. The smallest absolute Gasteiger partial charge is 0.336 e. The highest BCUT2D eigenvalue weighted by Gasteiger charge is 2.40. The van der Waals surface area contributed by atoms with Crippen molar-refractivity contribution < 1.29 is 54.6 Å². The van der Waals surface area contributed by atoms with E-state index in [0.717, 1.165) is 0 Å². The molecule has 0 atom stereocenters. The van der Waals surface area contributed by atoms with Gasteiger partial charge in [-0.05, 0) is 0 Å². The molecule has 0 spiro atoms. The molecule has 13 nitrogen and oxygen atoms in total. The third-order valence-corrected chi connectivity index (χ3v) is 1.63. The van der Waals surface area contributed by atoms with E-state index in [1.165, 1.54) is 0 Å². The Morgan fingerprint density at radius 1 is 0.640 bits per heavy atom. The summed E-state index contributed by atoms with van der Waals surface area (Å²) in [5.74, 6) is -6.95. The second kappa shape index (κ2) is 19.1. The molecule has 0 saturated heterocycles. The van der Waals surface area contributed by atoms with Gasteiger partial charge in [0.2, 0.25) is 0 Å². The van der Waals surface area contributed by atoms with Crippen molar-refractivity contribution >= 4 is 76.0 Å². The maximum atomic E-state index is 10.3. The Morgan fingerprint density at radius 2 is 0.840 bits per heavy atom. The normalized spacial score (nSPS) is 8.60. The second-order valence-electron chi connectivity index (χ2n) is 3.67. The Morgan fingerprint density at radius 3 is 0.920 bits per heavy atom. The number of carbonyl (C=O) groups is 5. The third-order valence-electron chi connectivity index (χ3n) is 1.63. The van der Waals surface area contributed by atoms with Crippen molar-refractivity contribution in [2.75, 3.05) is 13.1 Å². The summed E-state index contributed by atoms with van der Waals surface area (Å²) in [5, 5.41) is 49.0. The lowest BCUT2D eigenvalue weighted by Gasteiger charge is -2.18. The summed E-state index contributed by atoms with van der Waals surface area (Å²) in [5.41, 5.74) is 6.41. The quantitative estimate of drug-likeness (QED) is 0.188. The van der Waals surface area contributed by atoms with Crippen LogP contribution < -0.4 is 11.5 Å². The van der Waals surface area contributed by atoms with Gasteiger partial charge in [-0.2, -0.15) is 0 Å². The number of nitrogens with two attached hydrogens (primary N) is 2. The van der Waals surface area contributed by atoms with Crippen molar-refractivity contribution in [1.82, 2.24) is 0 Å². The van der Waals surface area contributed by atoms with E-state index in [1.54, 1.807) is 0 Å². The van der Waals surface area contributed by atoms with E-state index in [1.807, 2.05) is 0 Å². The second-order valence-corrected chi connectivity index (χ2v) is 3.67. The Balaban J connectivity index is -0.0000000933. The van der Waals surface area contributed by atoms with Gasteiger partial charge in [-0.25, -0.2) is 4.79 Å². The van der Waals surface area contributed by atoms with Crippen molar-refractivity contribution in [3.05, 3.63) is 0 Å². The molecule has 0 radical (unpaired) electrons. The van der Waals surface area contributed by atoms with E-state index >= 15 is 0 Å². The molecule has 0 bridgehead atoms. The molecule has 0 fully saturated rings. The first-order valence-electron chi connectivity index (χ1n) is 5.55. The number of rotatable bonds is 7. The van der Waals surface area contributed by atoms with Crippen LogP contribution in [0.25, 0.3) is 0 Å². The molecular formula is C10H22Mg2N2O11. The standard InChI is InChI=1S/C6H8O7.2C2H5NO2.2Mg.4H/c7-3(8)1-6(13,5(11)12)2-4(9)10;2*3-1-2(4)5;;;;;;/h13H,1-2H2,(H,7,8)(H,9,10)(H,11,12);2*1,3H2,(H,4,5);;;;;;. The van der Waals surface area contributed by atoms with Gasteiger partial charge in [0.15, 0.2) is 5.60 Å². The van der Waals surface area contributed by atoms with E-state index in [-0.39, 0.29) is 59.2 Å². The zero-order valence-electron chi connectivity index (χ0n) is 11.7. The predicted octanol–water partition coefficient (Wildman–Crippen LogP) is -5.02. The zero-order valence-corrected chi connectivity index (χ0v) is 11.7. The first kappa shape index (κ1) is 35.0. The Bertz CT molecular complexity index is 415. The summed E-state index contributed by atoms with van der Waals surface area (Å²) in [7, 11) is 0. The first-order chi connectivity index (χ1) is 10.3. The van der Waals surface area contributed by atoms with Crippen LogP contribution >= 0.6 is 0 Å². The molecule has 0 aliphatic heterocycles. The van der Waals surface area contributed by atoms with Crippen LogP contribution in [0.5, 0.6) is 0 Å². The largest absolute Gasteiger partial charge is 0.481 e. The van der Waals surface area contributed by atoms with Gasteiger partial charge in [0.05, 0.1) is 25.9 Å². The average molecular weight is 395 g/mol. The van der Waals surface area contributed by atoms with E-state index in [0.29, 0.717) is 0 Å². The van der Waals surface area contributed by atoms with E-state index in [4.69, 9.17) is 30.6 Å². The van der Waals surface area contributed by atoms with Gasteiger partial charge in [0.25, 0.3) is 0 Å². The minimum Gasteiger partial charge on any atom is -0.481 e. The Labute approximate surface area is 173 Å².